The van der Waals surface area contributed by atoms with Gasteiger partial charge in [0, 0.05) is 11.1 Å². The molecule has 0 saturated heterocycles. The molecule has 0 radical (unpaired) electrons. The standard InChI is InChI=1S/C26H23N3O4/c1-17(2)29-25(31)22-11-7-6-10-21(22)24(28-29)26(32)33-16-23(30)27-20-14-12-19(13-15-20)18-8-4-3-5-9-18/h3-15,17H,16H2,1-2H3,(H,27,30). The summed E-state index contributed by atoms with van der Waals surface area (Å²) in [4.78, 5) is 37.7. The monoisotopic (exact) mass is 441 g/mol. The minimum atomic E-state index is -0.768. The van der Waals surface area contributed by atoms with Crippen LogP contribution in [0.3, 0.4) is 0 Å². The van der Waals surface area contributed by atoms with Crippen molar-refractivity contribution in [1.29, 1.82) is 0 Å². The van der Waals surface area contributed by atoms with Crippen LogP contribution < -0.4 is 10.9 Å². The summed E-state index contributed by atoms with van der Waals surface area (Å²) in [5, 5.41) is 7.67. The molecule has 7 nitrogen and oxygen atoms in total. The number of carbonyl (C=O) groups is 2. The van der Waals surface area contributed by atoms with Crippen LogP contribution >= 0.6 is 0 Å². The molecule has 166 valence electrons. The number of hydrogen-bond donors (Lipinski definition) is 1. The van der Waals surface area contributed by atoms with Gasteiger partial charge in [-0.1, -0.05) is 60.7 Å². The van der Waals surface area contributed by atoms with Gasteiger partial charge in [-0.05, 0) is 43.2 Å². The zero-order chi connectivity index (χ0) is 23.4. The Morgan fingerprint density at radius 3 is 2.15 bits per heavy atom. The Morgan fingerprint density at radius 2 is 1.48 bits per heavy atom. The van der Waals surface area contributed by atoms with Crippen molar-refractivity contribution in [2.24, 2.45) is 0 Å². The van der Waals surface area contributed by atoms with Crippen LogP contribution in [-0.4, -0.2) is 28.3 Å². The highest BCUT2D eigenvalue weighted by atomic mass is 16.5. The minimum Gasteiger partial charge on any atom is -0.451 e. The van der Waals surface area contributed by atoms with Gasteiger partial charge in [-0.25, -0.2) is 9.48 Å². The van der Waals surface area contributed by atoms with Gasteiger partial charge in [0.05, 0.1) is 11.4 Å². The summed E-state index contributed by atoms with van der Waals surface area (Å²) in [5.41, 5.74) is 2.41. The van der Waals surface area contributed by atoms with Crippen molar-refractivity contribution < 1.29 is 14.3 Å². The third-order valence-corrected chi connectivity index (χ3v) is 5.12. The second-order valence-electron chi connectivity index (χ2n) is 7.81. The van der Waals surface area contributed by atoms with E-state index in [2.05, 4.69) is 10.4 Å². The van der Waals surface area contributed by atoms with Crippen LogP contribution in [0.15, 0.2) is 83.7 Å². The van der Waals surface area contributed by atoms with Crippen molar-refractivity contribution in [3.63, 3.8) is 0 Å². The van der Waals surface area contributed by atoms with Crippen molar-refractivity contribution >= 4 is 28.3 Å². The first-order valence-electron chi connectivity index (χ1n) is 10.6. The minimum absolute atomic E-state index is 0.00101. The maximum atomic E-state index is 12.7. The molecule has 0 fully saturated rings. The lowest BCUT2D eigenvalue weighted by Gasteiger charge is -2.13. The maximum Gasteiger partial charge on any atom is 0.359 e. The molecule has 0 aliphatic heterocycles. The molecule has 4 rings (SSSR count). The van der Waals surface area contributed by atoms with E-state index < -0.39 is 18.5 Å². The highest BCUT2D eigenvalue weighted by Gasteiger charge is 2.20. The molecule has 0 aliphatic rings. The zero-order valence-electron chi connectivity index (χ0n) is 18.3. The maximum absolute atomic E-state index is 12.7. The van der Waals surface area contributed by atoms with Crippen LogP contribution in [0.25, 0.3) is 21.9 Å². The van der Waals surface area contributed by atoms with Crippen LogP contribution in [0, 0.1) is 0 Å². The topological polar surface area (TPSA) is 90.3 Å². The lowest BCUT2D eigenvalue weighted by Crippen LogP contribution is -2.28. The first-order valence-corrected chi connectivity index (χ1v) is 10.6. The Bertz CT molecular complexity index is 1360. The molecule has 3 aromatic carbocycles. The van der Waals surface area contributed by atoms with Gasteiger partial charge in [0.15, 0.2) is 12.3 Å². The van der Waals surface area contributed by atoms with E-state index in [4.69, 9.17) is 4.74 Å². The van der Waals surface area contributed by atoms with Gasteiger partial charge in [0.2, 0.25) is 0 Å². The van der Waals surface area contributed by atoms with Crippen molar-refractivity contribution in [3.05, 3.63) is 94.9 Å². The van der Waals surface area contributed by atoms with E-state index in [1.165, 1.54) is 4.68 Å². The Labute approximate surface area is 190 Å². The second-order valence-corrected chi connectivity index (χ2v) is 7.81. The molecule has 0 atom stereocenters. The van der Waals surface area contributed by atoms with E-state index in [-0.39, 0.29) is 17.3 Å². The number of esters is 1. The third kappa shape index (κ3) is 4.82. The lowest BCUT2D eigenvalue weighted by molar-refractivity contribution is -0.119. The number of rotatable bonds is 6. The first-order chi connectivity index (χ1) is 15.9. The van der Waals surface area contributed by atoms with Crippen LogP contribution in [0.2, 0.25) is 0 Å². The smallest absolute Gasteiger partial charge is 0.359 e. The Morgan fingerprint density at radius 1 is 0.879 bits per heavy atom. The highest BCUT2D eigenvalue weighted by molar-refractivity contribution is 6.03. The number of anilines is 1. The first kappa shape index (κ1) is 22.0. The number of ether oxygens (including phenoxy) is 1. The van der Waals surface area contributed by atoms with Gasteiger partial charge in [0.1, 0.15) is 0 Å². The van der Waals surface area contributed by atoms with E-state index in [1.807, 2.05) is 42.5 Å². The molecule has 1 amide bonds. The number of nitrogens with one attached hydrogen (secondary N) is 1. The Hall–Kier alpha value is -4.26. The third-order valence-electron chi connectivity index (χ3n) is 5.12. The van der Waals surface area contributed by atoms with Crippen molar-refractivity contribution in [1.82, 2.24) is 9.78 Å². The molecule has 1 aromatic heterocycles. The van der Waals surface area contributed by atoms with Gasteiger partial charge in [-0.15, -0.1) is 0 Å². The van der Waals surface area contributed by atoms with Crippen molar-refractivity contribution in [2.45, 2.75) is 19.9 Å². The normalized spacial score (nSPS) is 10.9. The predicted octanol–water partition coefficient (Wildman–Crippen LogP) is 4.44. The molecule has 0 aliphatic carbocycles. The molecule has 7 heteroatoms. The van der Waals surface area contributed by atoms with Crippen LogP contribution in [-0.2, 0) is 9.53 Å². The van der Waals surface area contributed by atoms with Crippen molar-refractivity contribution in [2.75, 3.05) is 11.9 Å². The largest absolute Gasteiger partial charge is 0.451 e. The lowest BCUT2D eigenvalue weighted by atomic mass is 10.1. The van der Waals surface area contributed by atoms with Gasteiger partial charge in [-0.2, -0.15) is 5.10 Å². The molecule has 0 bridgehead atoms. The quantitative estimate of drug-likeness (QED) is 0.447. The highest BCUT2D eigenvalue weighted by Crippen LogP contribution is 2.21. The number of nitrogens with zero attached hydrogens (tertiary/aromatic N) is 2. The fourth-order valence-electron chi connectivity index (χ4n) is 3.48. The van der Waals surface area contributed by atoms with E-state index in [0.717, 1.165) is 11.1 Å². The number of amides is 1. The number of hydrogen-bond acceptors (Lipinski definition) is 5. The average Bonchev–Trinajstić information content (AvgIpc) is 2.84. The predicted molar refractivity (Wildman–Crippen MR) is 127 cm³/mol. The summed E-state index contributed by atoms with van der Waals surface area (Å²) in [5.74, 6) is -1.24. The van der Waals surface area contributed by atoms with Crippen LogP contribution in [0.1, 0.15) is 30.4 Å². The molecule has 0 unspecified atom stereocenters. The van der Waals surface area contributed by atoms with E-state index in [0.29, 0.717) is 16.5 Å². The molecule has 0 spiro atoms. The summed E-state index contributed by atoms with van der Waals surface area (Å²) < 4.78 is 6.45. The SMILES string of the molecule is CC(C)n1nc(C(=O)OCC(=O)Nc2ccc(-c3ccccc3)cc2)c2ccccc2c1=O. The number of aromatic nitrogens is 2. The molecular formula is C26H23N3O4. The van der Waals surface area contributed by atoms with E-state index in [9.17, 15) is 14.4 Å². The summed E-state index contributed by atoms with van der Waals surface area (Å²) in [6.45, 7) is 3.12. The fourth-order valence-corrected chi connectivity index (χ4v) is 3.48. The van der Waals surface area contributed by atoms with Gasteiger partial charge >= 0.3 is 5.97 Å². The summed E-state index contributed by atoms with van der Waals surface area (Å²) in [7, 11) is 0. The molecule has 33 heavy (non-hydrogen) atoms. The zero-order valence-corrected chi connectivity index (χ0v) is 18.3. The summed E-state index contributed by atoms with van der Waals surface area (Å²) >= 11 is 0. The molecular weight excluding hydrogens is 418 g/mol. The van der Waals surface area contributed by atoms with Gasteiger partial charge in [-0.3, -0.25) is 9.59 Å². The molecule has 4 aromatic rings. The van der Waals surface area contributed by atoms with E-state index >= 15 is 0 Å². The second kappa shape index (κ2) is 9.48. The Kier molecular flexibility index (Phi) is 6.31. The molecule has 1 heterocycles. The molecule has 1 N–H and O–H groups in total. The van der Waals surface area contributed by atoms with Crippen LogP contribution in [0.5, 0.6) is 0 Å². The van der Waals surface area contributed by atoms with Crippen LogP contribution in [0.4, 0.5) is 5.69 Å². The number of fused-ring (bicyclic) bond motifs is 1. The van der Waals surface area contributed by atoms with Crippen molar-refractivity contribution in [3.8, 4) is 11.1 Å². The van der Waals surface area contributed by atoms with Gasteiger partial charge in [0.25, 0.3) is 11.5 Å². The Balaban J connectivity index is 1.45. The summed E-state index contributed by atoms with van der Waals surface area (Å²) in [6.07, 6.45) is 0. The van der Waals surface area contributed by atoms with E-state index in [1.54, 1.807) is 50.2 Å². The fraction of sp³-hybridized carbons (Fsp3) is 0.154. The average molecular weight is 441 g/mol. The summed E-state index contributed by atoms with van der Waals surface area (Å²) in [6, 6.07) is 23.8. The number of benzene rings is 3. The van der Waals surface area contributed by atoms with Gasteiger partial charge < -0.3 is 10.1 Å². The molecule has 0 saturated carbocycles. The number of carbonyl (C=O) groups excluding carboxylic acids is 2.